The zero-order chi connectivity index (χ0) is 15.5. The molecule has 2 rings (SSSR count). The molecular weight excluding hydrogens is 287 g/mol. The fourth-order valence-electron chi connectivity index (χ4n) is 1.40. The topological polar surface area (TPSA) is 86.0 Å². The summed E-state index contributed by atoms with van der Waals surface area (Å²) in [5.41, 5.74) is 3.44. The molecule has 2 heterocycles. The summed E-state index contributed by atoms with van der Waals surface area (Å²) in [6, 6.07) is 2.89. The van der Waals surface area contributed by atoms with Gasteiger partial charge in [-0.3, -0.25) is 4.98 Å². The fraction of sp³-hybridized carbons (Fsp3) is 0.250. The van der Waals surface area contributed by atoms with E-state index in [1.807, 2.05) is 0 Å². The van der Waals surface area contributed by atoms with Gasteiger partial charge in [0.25, 0.3) is 0 Å². The van der Waals surface area contributed by atoms with Crippen molar-refractivity contribution < 1.29 is 17.9 Å². The number of hydrogen-bond acceptors (Lipinski definition) is 6. The molecule has 2 aromatic rings. The molecule has 0 aliphatic rings. The molecule has 3 N–H and O–H groups in total. The second kappa shape index (κ2) is 5.92. The summed E-state index contributed by atoms with van der Waals surface area (Å²) in [7, 11) is 0. The van der Waals surface area contributed by atoms with Gasteiger partial charge in [0.15, 0.2) is 11.9 Å². The number of anilines is 1. The van der Waals surface area contributed by atoms with E-state index in [2.05, 4.69) is 20.4 Å². The minimum absolute atomic E-state index is 0.114. The van der Waals surface area contributed by atoms with Crippen LogP contribution in [-0.4, -0.2) is 27.2 Å². The van der Waals surface area contributed by atoms with Gasteiger partial charge in [-0.25, -0.2) is 15.8 Å². The lowest BCUT2D eigenvalue weighted by Gasteiger charge is -2.16. The van der Waals surface area contributed by atoms with E-state index in [1.54, 1.807) is 6.07 Å². The van der Waals surface area contributed by atoms with E-state index in [4.69, 9.17) is 10.6 Å². The van der Waals surface area contributed by atoms with Gasteiger partial charge in [-0.2, -0.15) is 13.2 Å². The van der Waals surface area contributed by atoms with Gasteiger partial charge >= 0.3 is 6.18 Å². The summed E-state index contributed by atoms with van der Waals surface area (Å²) in [5.74, 6) is 5.45. The molecule has 0 aromatic carbocycles. The van der Waals surface area contributed by atoms with Gasteiger partial charge in [-0.05, 0) is 13.0 Å². The van der Waals surface area contributed by atoms with Crippen LogP contribution in [-0.2, 0) is 0 Å². The predicted octanol–water partition coefficient (Wildman–Crippen LogP) is 2.15. The van der Waals surface area contributed by atoms with Crippen LogP contribution in [0.2, 0.25) is 0 Å². The number of pyridine rings is 1. The van der Waals surface area contributed by atoms with E-state index in [-0.39, 0.29) is 5.88 Å². The van der Waals surface area contributed by atoms with Gasteiger partial charge in [0.2, 0.25) is 5.88 Å². The number of aromatic nitrogens is 3. The molecule has 0 saturated carbocycles. The first-order valence-corrected chi connectivity index (χ1v) is 5.88. The van der Waals surface area contributed by atoms with Gasteiger partial charge in [0, 0.05) is 17.8 Å². The lowest BCUT2D eigenvalue weighted by Crippen LogP contribution is -2.31. The number of ether oxygens (including phenoxy) is 1. The van der Waals surface area contributed by atoms with Crippen molar-refractivity contribution in [2.24, 2.45) is 5.84 Å². The molecule has 9 heteroatoms. The molecule has 0 aliphatic carbocycles. The van der Waals surface area contributed by atoms with E-state index in [0.29, 0.717) is 17.1 Å². The molecule has 0 unspecified atom stereocenters. The number of alkyl halides is 3. The second-order valence-electron chi connectivity index (χ2n) is 4.12. The molecule has 2 aromatic heterocycles. The largest absolute Gasteiger partial charge is 0.465 e. The lowest BCUT2D eigenvalue weighted by atomic mass is 10.2. The Morgan fingerprint density at radius 1 is 1.14 bits per heavy atom. The monoisotopic (exact) mass is 299 g/mol. The Hall–Kier alpha value is -2.42. The van der Waals surface area contributed by atoms with Crippen LogP contribution in [0.1, 0.15) is 6.92 Å². The SMILES string of the molecule is C[C@H](Oc1ccc(-c2cnc(NN)cn2)cn1)C(F)(F)F. The smallest absolute Gasteiger partial charge is 0.425 e. The average molecular weight is 299 g/mol. The maximum absolute atomic E-state index is 12.4. The molecule has 0 saturated heterocycles. The molecule has 0 bridgehead atoms. The van der Waals surface area contributed by atoms with Crippen molar-refractivity contribution in [1.82, 2.24) is 15.0 Å². The van der Waals surface area contributed by atoms with E-state index < -0.39 is 12.3 Å². The molecule has 0 radical (unpaired) electrons. The molecular formula is C12H12F3N5O. The number of nitrogens with one attached hydrogen (secondary N) is 1. The third-order valence-electron chi connectivity index (χ3n) is 2.59. The van der Waals surface area contributed by atoms with E-state index in [0.717, 1.165) is 6.92 Å². The minimum atomic E-state index is -4.43. The zero-order valence-electron chi connectivity index (χ0n) is 10.9. The van der Waals surface area contributed by atoms with Crippen molar-refractivity contribution in [3.05, 3.63) is 30.7 Å². The summed E-state index contributed by atoms with van der Waals surface area (Å²) in [6.07, 6.45) is -2.11. The van der Waals surface area contributed by atoms with Crippen LogP contribution in [0.3, 0.4) is 0 Å². The van der Waals surface area contributed by atoms with E-state index in [1.165, 1.54) is 24.7 Å². The van der Waals surface area contributed by atoms with Crippen LogP contribution in [0.5, 0.6) is 5.88 Å². The number of hydrogen-bond donors (Lipinski definition) is 2. The molecule has 0 spiro atoms. The van der Waals surface area contributed by atoms with Crippen molar-refractivity contribution in [2.45, 2.75) is 19.2 Å². The van der Waals surface area contributed by atoms with Crippen LogP contribution in [0.4, 0.5) is 19.0 Å². The third kappa shape index (κ3) is 3.78. The Morgan fingerprint density at radius 2 is 1.90 bits per heavy atom. The van der Waals surface area contributed by atoms with Gasteiger partial charge in [0.1, 0.15) is 0 Å². The first-order valence-electron chi connectivity index (χ1n) is 5.88. The van der Waals surface area contributed by atoms with Crippen molar-refractivity contribution in [1.29, 1.82) is 0 Å². The fourth-order valence-corrected chi connectivity index (χ4v) is 1.40. The number of hydrazine groups is 1. The Balaban J connectivity index is 2.11. The summed E-state index contributed by atoms with van der Waals surface area (Å²) < 4.78 is 41.8. The van der Waals surface area contributed by atoms with E-state index >= 15 is 0 Å². The van der Waals surface area contributed by atoms with Crippen molar-refractivity contribution in [3.8, 4) is 17.1 Å². The van der Waals surface area contributed by atoms with Crippen LogP contribution in [0.25, 0.3) is 11.3 Å². The molecule has 0 amide bonds. The Bertz CT molecular complexity index is 585. The average Bonchev–Trinajstić information content (AvgIpc) is 2.47. The summed E-state index contributed by atoms with van der Waals surface area (Å²) in [5, 5.41) is 0. The number of nitrogen functional groups attached to an aromatic ring is 1. The van der Waals surface area contributed by atoms with Crippen LogP contribution in [0, 0.1) is 0 Å². The van der Waals surface area contributed by atoms with Crippen molar-refractivity contribution in [2.75, 3.05) is 5.43 Å². The van der Waals surface area contributed by atoms with E-state index in [9.17, 15) is 13.2 Å². The van der Waals surface area contributed by atoms with Crippen LogP contribution >= 0.6 is 0 Å². The molecule has 1 atom stereocenters. The van der Waals surface area contributed by atoms with Gasteiger partial charge in [0.05, 0.1) is 18.1 Å². The number of halogens is 3. The summed E-state index contributed by atoms with van der Waals surface area (Å²) >= 11 is 0. The second-order valence-corrected chi connectivity index (χ2v) is 4.12. The maximum Gasteiger partial charge on any atom is 0.425 e. The van der Waals surface area contributed by atoms with Crippen molar-refractivity contribution in [3.63, 3.8) is 0 Å². The molecule has 0 fully saturated rings. The quantitative estimate of drug-likeness (QED) is 0.664. The highest BCUT2D eigenvalue weighted by Gasteiger charge is 2.38. The van der Waals surface area contributed by atoms with Gasteiger partial charge in [-0.1, -0.05) is 0 Å². The lowest BCUT2D eigenvalue weighted by molar-refractivity contribution is -0.189. The standard InChI is InChI=1S/C12H12F3N5O/c1-7(12(13,14)15)21-11-3-2-8(4-19-11)9-5-18-10(20-16)6-17-9/h2-7H,16H2,1H3,(H,18,20)/t7-/m0/s1. The molecule has 21 heavy (non-hydrogen) atoms. The maximum atomic E-state index is 12.4. The van der Waals surface area contributed by atoms with Crippen LogP contribution < -0.4 is 16.0 Å². The highest BCUT2D eigenvalue weighted by Crippen LogP contribution is 2.25. The normalized spacial score (nSPS) is 12.8. The van der Waals surface area contributed by atoms with Gasteiger partial charge < -0.3 is 10.2 Å². The summed E-state index contributed by atoms with van der Waals surface area (Å²) in [4.78, 5) is 11.9. The van der Waals surface area contributed by atoms with Gasteiger partial charge in [-0.15, -0.1) is 0 Å². The summed E-state index contributed by atoms with van der Waals surface area (Å²) in [6.45, 7) is 0.916. The molecule has 112 valence electrons. The number of nitrogens with zero attached hydrogens (tertiary/aromatic N) is 3. The number of rotatable bonds is 4. The first kappa shape index (κ1) is 15.0. The Kier molecular flexibility index (Phi) is 4.22. The third-order valence-corrected chi connectivity index (χ3v) is 2.59. The number of nitrogens with two attached hydrogens (primary N) is 1. The van der Waals surface area contributed by atoms with Crippen LogP contribution in [0.15, 0.2) is 30.7 Å². The Labute approximate surface area is 118 Å². The molecule has 6 nitrogen and oxygen atoms in total. The zero-order valence-corrected chi connectivity index (χ0v) is 10.9. The highest BCUT2D eigenvalue weighted by molar-refractivity contribution is 5.57. The first-order chi connectivity index (χ1) is 9.90. The predicted molar refractivity (Wildman–Crippen MR) is 69.2 cm³/mol. The van der Waals surface area contributed by atoms with Crippen molar-refractivity contribution >= 4 is 5.82 Å². The highest BCUT2D eigenvalue weighted by atomic mass is 19.4. The molecule has 0 aliphatic heterocycles. The Morgan fingerprint density at radius 3 is 2.38 bits per heavy atom. The minimum Gasteiger partial charge on any atom is -0.465 e.